The summed E-state index contributed by atoms with van der Waals surface area (Å²) in [4.78, 5) is 28.2. The monoisotopic (exact) mass is 431 g/mol. The molecule has 3 aromatic rings. The van der Waals surface area contributed by atoms with Gasteiger partial charge in [-0.3, -0.25) is 14.6 Å². The van der Waals surface area contributed by atoms with Crippen molar-refractivity contribution in [1.82, 2.24) is 0 Å². The lowest BCUT2D eigenvalue weighted by atomic mass is 9.93. The van der Waals surface area contributed by atoms with Crippen LogP contribution in [0.15, 0.2) is 84.0 Å². The third-order valence-corrected chi connectivity index (χ3v) is 5.76. The van der Waals surface area contributed by atoms with Gasteiger partial charge in [0.25, 0.3) is 5.91 Å². The Morgan fingerprint density at radius 1 is 0.871 bits per heavy atom. The predicted octanol–water partition coefficient (Wildman–Crippen LogP) is 4.13. The van der Waals surface area contributed by atoms with E-state index in [0.29, 0.717) is 22.2 Å². The van der Waals surface area contributed by atoms with Crippen LogP contribution in [0.3, 0.4) is 0 Å². The van der Waals surface area contributed by atoms with Crippen molar-refractivity contribution in [1.29, 1.82) is 0 Å². The van der Waals surface area contributed by atoms with E-state index in [2.05, 4.69) is 0 Å². The molecule has 1 saturated heterocycles. The lowest BCUT2D eigenvalue weighted by Gasteiger charge is -2.22. The number of ether oxygens (including phenoxy) is 1. The molecular formula is C24H18ClN3O3. The van der Waals surface area contributed by atoms with E-state index in [1.165, 1.54) is 4.90 Å². The molecule has 2 amide bonds. The van der Waals surface area contributed by atoms with E-state index in [0.717, 1.165) is 11.3 Å². The minimum atomic E-state index is -0.758. The second-order valence-electron chi connectivity index (χ2n) is 7.31. The molecule has 1 fully saturated rings. The molecule has 0 unspecified atom stereocenters. The number of imide groups is 1. The number of para-hydroxylation sites is 1. The molecule has 31 heavy (non-hydrogen) atoms. The Balaban J connectivity index is 1.62. The molecule has 0 spiro atoms. The van der Waals surface area contributed by atoms with Crippen LogP contribution in [0.1, 0.15) is 5.56 Å². The molecule has 0 aromatic heterocycles. The first kappa shape index (κ1) is 19.3. The van der Waals surface area contributed by atoms with Crippen molar-refractivity contribution in [2.45, 2.75) is 6.04 Å². The number of fused-ring (bicyclic) bond motifs is 1. The van der Waals surface area contributed by atoms with Gasteiger partial charge in [-0.1, -0.05) is 35.9 Å². The van der Waals surface area contributed by atoms with Gasteiger partial charge < -0.3 is 4.74 Å². The summed E-state index contributed by atoms with van der Waals surface area (Å²) in [6.45, 7) is 0. The summed E-state index contributed by atoms with van der Waals surface area (Å²) < 4.78 is 5.24. The smallest absolute Gasteiger partial charge is 0.259 e. The average Bonchev–Trinajstić information content (AvgIpc) is 3.31. The number of methoxy groups -OCH3 is 1. The van der Waals surface area contributed by atoms with E-state index in [1.807, 2.05) is 54.6 Å². The third kappa shape index (κ3) is 3.16. The summed E-state index contributed by atoms with van der Waals surface area (Å²) in [5, 5.41) is 6.84. The maximum absolute atomic E-state index is 13.5. The van der Waals surface area contributed by atoms with Gasteiger partial charge in [-0.25, -0.2) is 4.90 Å². The summed E-state index contributed by atoms with van der Waals surface area (Å²) >= 11 is 6.12. The molecule has 0 radical (unpaired) electrons. The highest BCUT2D eigenvalue weighted by molar-refractivity contribution is 6.35. The first-order chi connectivity index (χ1) is 15.1. The number of halogens is 1. The first-order valence-corrected chi connectivity index (χ1v) is 10.2. The number of nitrogens with zero attached hydrogens (tertiary/aromatic N) is 3. The lowest BCUT2D eigenvalue weighted by Crippen LogP contribution is -2.39. The Bertz CT molecular complexity index is 1190. The van der Waals surface area contributed by atoms with Crippen molar-refractivity contribution >= 4 is 40.5 Å². The number of amides is 2. The second kappa shape index (κ2) is 7.56. The average molecular weight is 432 g/mol. The number of benzene rings is 3. The molecule has 2 aliphatic heterocycles. The summed E-state index contributed by atoms with van der Waals surface area (Å²) in [6, 6.07) is 22.7. The van der Waals surface area contributed by atoms with E-state index in [4.69, 9.17) is 21.4 Å². The van der Waals surface area contributed by atoms with Crippen LogP contribution in [0, 0.1) is 5.92 Å². The van der Waals surface area contributed by atoms with E-state index < -0.39 is 12.0 Å². The van der Waals surface area contributed by atoms with Gasteiger partial charge in [-0.2, -0.15) is 5.10 Å². The molecule has 0 saturated carbocycles. The third-order valence-electron chi connectivity index (χ3n) is 5.52. The highest BCUT2D eigenvalue weighted by Gasteiger charge is 2.57. The van der Waals surface area contributed by atoms with Crippen molar-refractivity contribution in [2.75, 3.05) is 17.0 Å². The van der Waals surface area contributed by atoms with Crippen LogP contribution in [0.2, 0.25) is 5.02 Å². The number of rotatable bonds is 4. The Morgan fingerprint density at radius 3 is 2.26 bits per heavy atom. The zero-order valence-corrected chi connectivity index (χ0v) is 17.4. The largest absolute Gasteiger partial charge is 0.497 e. The minimum absolute atomic E-state index is 0.315. The number of anilines is 2. The topological polar surface area (TPSA) is 62.2 Å². The van der Waals surface area contributed by atoms with Crippen LogP contribution in [0.5, 0.6) is 5.75 Å². The van der Waals surface area contributed by atoms with Gasteiger partial charge in [-0.15, -0.1) is 0 Å². The van der Waals surface area contributed by atoms with Crippen molar-refractivity contribution in [3.63, 3.8) is 0 Å². The highest BCUT2D eigenvalue weighted by Crippen LogP contribution is 2.39. The van der Waals surface area contributed by atoms with Gasteiger partial charge in [0.15, 0.2) is 0 Å². The molecule has 7 heteroatoms. The van der Waals surface area contributed by atoms with Crippen LogP contribution < -0.4 is 14.6 Å². The van der Waals surface area contributed by atoms with Gasteiger partial charge in [0.1, 0.15) is 17.7 Å². The Hall–Kier alpha value is -3.64. The van der Waals surface area contributed by atoms with Gasteiger partial charge in [-0.05, 0) is 60.2 Å². The number of carbonyl (C=O) groups is 2. The molecule has 2 heterocycles. The summed E-state index contributed by atoms with van der Waals surface area (Å²) in [5.41, 5.74) is 2.52. The van der Waals surface area contributed by atoms with E-state index in [1.54, 1.807) is 36.4 Å². The molecule has 0 N–H and O–H groups in total. The van der Waals surface area contributed by atoms with E-state index in [9.17, 15) is 9.59 Å². The predicted molar refractivity (Wildman–Crippen MR) is 120 cm³/mol. The Labute approximate surface area is 184 Å². The minimum Gasteiger partial charge on any atom is -0.497 e. The zero-order valence-electron chi connectivity index (χ0n) is 16.6. The van der Waals surface area contributed by atoms with Crippen LogP contribution in [-0.2, 0) is 9.59 Å². The van der Waals surface area contributed by atoms with Crippen LogP contribution in [0.4, 0.5) is 11.4 Å². The Morgan fingerprint density at radius 2 is 1.58 bits per heavy atom. The van der Waals surface area contributed by atoms with Gasteiger partial charge >= 0.3 is 0 Å². The van der Waals surface area contributed by atoms with Gasteiger partial charge in [0.2, 0.25) is 5.91 Å². The highest BCUT2D eigenvalue weighted by atomic mass is 35.5. The zero-order chi connectivity index (χ0) is 21.5. The molecule has 154 valence electrons. The molecular weight excluding hydrogens is 414 g/mol. The molecule has 5 rings (SSSR count). The van der Waals surface area contributed by atoms with Crippen molar-refractivity contribution in [2.24, 2.45) is 11.0 Å². The van der Waals surface area contributed by atoms with E-state index >= 15 is 0 Å². The standard InChI is InChI=1S/C24H18ClN3O3/c1-31-19-12-10-15(11-13-19)21-20-22(28(26-21)17-7-3-2-4-8-17)24(30)27(23(20)29)18-9-5-6-16(25)14-18/h2-14,20,22H,1H3/t20-,22-/m1/s1. The summed E-state index contributed by atoms with van der Waals surface area (Å²) in [5.74, 6) is -0.660. The van der Waals surface area contributed by atoms with Crippen LogP contribution in [0.25, 0.3) is 0 Å². The fourth-order valence-corrected chi connectivity index (χ4v) is 4.26. The SMILES string of the molecule is COc1ccc(C2=NN(c3ccccc3)[C@H]3C(=O)N(c4cccc(Cl)c4)C(=O)[C@H]23)cc1. The normalized spacial score (nSPS) is 20.1. The van der Waals surface area contributed by atoms with E-state index in [-0.39, 0.29) is 11.8 Å². The fraction of sp³-hybridized carbons (Fsp3) is 0.125. The van der Waals surface area contributed by atoms with Gasteiger partial charge in [0.05, 0.1) is 24.2 Å². The molecule has 6 nitrogen and oxygen atoms in total. The maximum atomic E-state index is 13.5. The maximum Gasteiger partial charge on any atom is 0.259 e. The summed E-state index contributed by atoms with van der Waals surface area (Å²) in [7, 11) is 1.59. The molecule has 0 bridgehead atoms. The number of hydrogen-bond acceptors (Lipinski definition) is 5. The number of hydrogen-bond donors (Lipinski definition) is 0. The lowest BCUT2D eigenvalue weighted by molar-refractivity contribution is -0.121. The van der Waals surface area contributed by atoms with Crippen LogP contribution >= 0.6 is 11.6 Å². The molecule has 2 atom stereocenters. The van der Waals surface area contributed by atoms with Gasteiger partial charge in [0, 0.05) is 5.02 Å². The number of hydrazone groups is 1. The molecule has 0 aliphatic carbocycles. The molecule has 2 aliphatic rings. The Kier molecular flexibility index (Phi) is 4.71. The van der Waals surface area contributed by atoms with Crippen LogP contribution in [-0.4, -0.2) is 30.7 Å². The van der Waals surface area contributed by atoms with Crippen molar-refractivity contribution in [3.8, 4) is 5.75 Å². The summed E-state index contributed by atoms with van der Waals surface area (Å²) in [6.07, 6.45) is 0. The quantitative estimate of drug-likeness (QED) is 0.583. The number of carbonyl (C=O) groups excluding carboxylic acids is 2. The van der Waals surface area contributed by atoms with Crippen molar-refractivity contribution in [3.05, 3.63) is 89.4 Å². The first-order valence-electron chi connectivity index (χ1n) is 9.79. The molecule has 3 aromatic carbocycles. The van der Waals surface area contributed by atoms with Crippen molar-refractivity contribution < 1.29 is 14.3 Å². The second-order valence-corrected chi connectivity index (χ2v) is 7.74. The fourth-order valence-electron chi connectivity index (χ4n) is 4.08.